The Labute approximate surface area is 163 Å². The lowest BCUT2D eigenvalue weighted by molar-refractivity contribution is -0.130. The molecule has 0 radical (unpaired) electrons. The van der Waals surface area contributed by atoms with Gasteiger partial charge in [-0.25, -0.2) is 0 Å². The van der Waals surface area contributed by atoms with E-state index >= 15 is 0 Å². The van der Waals surface area contributed by atoms with Crippen LogP contribution in [-0.2, 0) is 11.2 Å². The maximum absolute atomic E-state index is 12.4. The summed E-state index contributed by atoms with van der Waals surface area (Å²) in [7, 11) is 0. The van der Waals surface area contributed by atoms with Gasteiger partial charge in [0.2, 0.25) is 5.91 Å². The molecule has 0 bridgehead atoms. The third-order valence-corrected chi connectivity index (χ3v) is 5.82. The number of hydrogen-bond acceptors (Lipinski definition) is 5. The van der Waals surface area contributed by atoms with E-state index < -0.39 is 12.5 Å². The molecule has 2 aromatic rings. The highest BCUT2D eigenvalue weighted by molar-refractivity contribution is 7.99. The van der Waals surface area contributed by atoms with Crippen LogP contribution in [0.2, 0.25) is 0 Å². The van der Waals surface area contributed by atoms with Crippen molar-refractivity contribution in [2.24, 2.45) is 0 Å². The lowest BCUT2D eigenvalue weighted by atomic mass is 10.1. The lowest BCUT2D eigenvalue weighted by Crippen LogP contribution is -2.38. The molecule has 0 atom stereocenters. The molecule has 1 saturated heterocycles. The standard InChI is InChI=1S/C18H18F2N2O3S2/c19-18(20)25-14-5-8-27-16(14)17(24)21-13-3-1-12(2-4-13)11-15(23)22-6-9-26-10-7-22/h1-5,8,18H,6-7,9-11H2,(H,21,24). The molecule has 0 unspecified atom stereocenters. The van der Waals surface area contributed by atoms with Crippen LogP contribution in [0.25, 0.3) is 0 Å². The number of anilines is 1. The van der Waals surface area contributed by atoms with Crippen molar-refractivity contribution in [3.8, 4) is 5.75 Å². The van der Waals surface area contributed by atoms with Crippen LogP contribution in [0.1, 0.15) is 15.2 Å². The van der Waals surface area contributed by atoms with Crippen molar-refractivity contribution in [1.29, 1.82) is 0 Å². The van der Waals surface area contributed by atoms with Gasteiger partial charge in [0.05, 0.1) is 6.42 Å². The first-order valence-corrected chi connectivity index (χ1v) is 10.3. The van der Waals surface area contributed by atoms with Crippen LogP contribution in [-0.4, -0.2) is 47.9 Å². The van der Waals surface area contributed by atoms with Crippen LogP contribution in [0.3, 0.4) is 0 Å². The monoisotopic (exact) mass is 412 g/mol. The summed E-state index contributed by atoms with van der Waals surface area (Å²) < 4.78 is 29.1. The van der Waals surface area contributed by atoms with Gasteiger partial charge >= 0.3 is 6.61 Å². The largest absolute Gasteiger partial charge is 0.433 e. The quantitative estimate of drug-likeness (QED) is 0.786. The first-order valence-electron chi connectivity index (χ1n) is 8.31. The van der Waals surface area contributed by atoms with E-state index in [0.717, 1.165) is 41.5 Å². The van der Waals surface area contributed by atoms with Crippen molar-refractivity contribution in [3.63, 3.8) is 0 Å². The Kier molecular flexibility index (Phi) is 6.68. The summed E-state index contributed by atoms with van der Waals surface area (Å²) in [6.07, 6.45) is 0.316. The van der Waals surface area contributed by atoms with Gasteiger partial charge in [0.15, 0.2) is 0 Å². The molecule has 0 aliphatic carbocycles. The van der Waals surface area contributed by atoms with Crippen LogP contribution in [0.15, 0.2) is 35.7 Å². The summed E-state index contributed by atoms with van der Waals surface area (Å²) in [4.78, 5) is 26.5. The molecular formula is C18H18F2N2O3S2. The van der Waals surface area contributed by atoms with E-state index in [9.17, 15) is 18.4 Å². The highest BCUT2D eigenvalue weighted by Crippen LogP contribution is 2.27. The minimum atomic E-state index is -2.98. The average molecular weight is 412 g/mol. The van der Waals surface area contributed by atoms with Crippen molar-refractivity contribution in [3.05, 3.63) is 46.2 Å². The number of carbonyl (C=O) groups is 2. The normalized spacial score (nSPS) is 14.3. The lowest BCUT2D eigenvalue weighted by Gasteiger charge is -2.26. The van der Waals surface area contributed by atoms with Crippen molar-refractivity contribution in [2.75, 3.05) is 29.9 Å². The van der Waals surface area contributed by atoms with Crippen LogP contribution in [0.4, 0.5) is 14.5 Å². The second kappa shape index (κ2) is 9.18. The number of nitrogens with zero attached hydrogens (tertiary/aromatic N) is 1. The second-order valence-electron chi connectivity index (χ2n) is 5.81. The summed E-state index contributed by atoms with van der Waals surface area (Å²) in [6, 6.07) is 8.26. The predicted molar refractivity (Wildman–Crippen MR) is 103 cm³/mol. The molecule has 1 N–H and O–H groups in total. The molecular weight excluding hydrogens is 394 g/mol. The molecule has 1 aromatic carbocycles. The molecule has 1 aliphatic rings. The van der Waals surface area contributed by atoms with Gasteiger partial charge in [-0.3, -0.25) is 9.59 Å². The fourth-order valence-corrected chi connectivity index (χ4v) is 4.27. The van der Waals surface area contributed by atoms with Crippen LogP contribution in [0.5, 0.6) is 5.75 Å². The van der Waals surface area contributed by atoms with Gasteiger partial charge in [-0.05, 0) is 29.1 Å². The van der Waals surface area contributed by atoms with E-state index in [4.69, 9.17) is 0 Å². The molecule has 2 amide bonds. The zero-order valence-electron chi connectivity index (χ0n) is 14.3. The van der Waals surface area contributed by atoms with Crippen molar-refractivity contribution in [1.82, 2.24) is 4.90 Å². The number of nitrogens with one attached hydrogen (secondary N) is 1. The number of rotatable bonds is 6. The van der Waals surface area contributed by atoms with Crippen molar-refractivity contribution in [2.45, 2.75) is 13.0 Å². The van der Waals surface area contributed by atoms with Crippen molar-refractivity contribution < 1.29 is 23.1 Å². The number of ether oxygens (including phenoxy) is 1. The molecule has 3 rings (SSSR count). The zero-order valence-corrected chi connectivity index (χ0v) is 16.0. The molecule has 0 spiro atoms. The SMILES string of the molecule is O=C(Nc1ccc(CC(=O)N2CCSCC2)cc1)c1sccc1OC(F)F. The smallest absolute Gasteiger partial charge is 0.387 e. The Morgan fingerprint density at radius 1 is 1.15 bits per heavy atom. The molecule has 144 valence electrons. The van der Waals surface area contributed by atoms with E-state index in [1.54, 1.807) is 24.3 Å². The van der Waals surface area contributed by atoms with Gasteiger partial charge in [-0.2, -0.15) is 20.5 Å². The van der Waals surface area contributed by atoms with E-state index in [1.807, 2.05) is 16.7 Å². The molecule has 2 heterocycles. The van der Waals surface area contributed by atoms with Crippen molar-refractivity contribution >= 4 is 40.6 Å². The molecule has 1 aromatic heterocycles. The zero-order chi connectivity index (χ0) is 19.2. The Morgan fingerprint density at radius 2 is 1.85 bits per heavy atom. The number of alkyl halides is 2. The maximum Gasteiger partial charge on any atom is 0.387 e. The van der Waals surface area contributed by atoms with Crippen LogP contribution < -0.4 is 10.1 Å². The summed E-state index contributed by atoms with van der Waals surface area (Å²) in [5.74, 6) is 1.37. The van der Waals surface area contributed by atoms with Gasteiger partial charge < -0.3 is 15.0 Å². The highest BCUT2D eigenvalue weighted by atomic mass is 32.2. The number of thioether (sulfide) groups is 1. The number of benzene rings is 1. The first kappa shape index (κ1) is 19.6. The molecule has 1 fully saturated rings. The Balaban J connectivity index is 1.58. The third-order valence-electron chi connectivity index (χ3n) is 3.98. The third kappa shape index (κ3) is 5.43. The van der Waals surface area contributed by atoms with Gasteiger partial charge in [0, 0.05) is 30.3 Å². The second-order valence-corrected chi connectivity index (χ2v) is 7.95. The molecule has 27 heavy (non-hydrogen) atoms. The van der Waals surface area contributed by atoms with E-state index in [2.05, 4.69) is 10.1 Å². The number of carbonyl (C=O) groups excluding carboxylic acids is 2. The van der Waals surface area contributed by atoms with Crippen LogP contribution >= 0.6 is 23.1 Å². The fourth-order valence-electron chi connectivity index (χ4n) is 2.64. The number of amides is 2. The van der Waals surface area contributed by atoms with Crippen LogP contribution in [0, 0.1) is 0 Å². The minimum absolute atomic E-state index is 0.0810. The average Bonchev–Trinajstić information content (AvgIpc) is 3.11. The van der Waals surface area contributed by atoms with E-state index in [-0.39, 0.29) is 16.5 Å². The van der Waals surface area contributed by atoms with E-state index in [1.165, 1.54) is 11.4 Å². The molecule has 5 nitrogen and oxygen atoms in total. The summed E-state index contributed by atoms with van der Waals surface area (Å²) in [6.45, 7) is -1.43. The van der Waals surface area contributed by atoms with E-state index in [0.29, 0.717) is 12.1 Å². The Morgan fingerprint density at radius 3 is 2.52 bits per heavy atom. The van der Waals surface area contributed by atoms with Gasteiger partial charge in [-0.15, -0.1) is 11.3 Å². The molecule has 9 heteroatoms. The number of halogens is 2. The highest BCUT2D eigenvalue weighted by Gasteiger charge is 2.19. The Bertz CT molecular complexity index is 790. The summed E-state index contributed by atoms with van der Waals surface area (Å²) >= 11 is 2.87. The summed E-state index contributed by atoms with van der Waals surface area (Å²) in [5.41, 5.74) is 1.37. The first-order chi connectivity index (χ1) is 13.0. The number of thiophene rings is 1. The summed E-state index contributed by atoms with van der Waals surface area (Å²) in [5, 5.41) is 4.16. The fraction of sp³-hybridized carbons (Fsp3) is 0.333. The van der Waals surface area contributed by atoms with Gasteiger partial charge in [-0.1, -0.05) is 12.1 Å². The molecule has 1 aliphatic heterocycles. The topological polar surface area (TPSA) is 58.6 Å². The Hall–Kier alpha value is -2.13. The van der Waals surface area contributed by atoms with Gasteiger partial charge in [0.25, 0.3) is 5.91 Å². The predicted octanol–water partition coefficient (Wildman–Crippen LogP) is 3.72. The molecule has 0 saturated carbocycles. The maximum atomic E-state index is 12.4. The minimum Gasteiger partial charge on any atom is -0.433 e. The number of hydrogen-bond donors (Lipinski definition) is 1. The van der Waals surface area contributed by atoms with Gasteiger partial charge in [0.1, 0.15) is 10.6 Å².